The molecule has 2 rings (SSSR count). The molecule has 1 aromatic heterocycles. The third-order valence-corrected chi connectivity index (χ3v) is 7.15. The van der Waals surface area contributed by atoms with Gasteiger partial charge in [-0.15, -0.1) is 22.9 Å². The maximum absolute atomic E-state index is 12.4. The lowest BCUT2D eigenvalue weighted by Crippen LogP contribution is -2.51. The third-order valence-electron chi connectivity index (χ3n) is 3.29. The van der Waals surface area contributed by atoms with E-state index >= 15 is 0 Å². The maximum atomic E-state index is 12.4. The molecule has 0 spiro atoms. The topological polar surface area (TPSA) is 40.6 Å². The van der Waals surface area contributed by atoms with Crippen LogP contribution in [0.5, 0.6) is 0 Å². The molecule has 0 bridgehead atoms. The van der Waals surface area contributed by atoms with Crippen molar-refractivity contribution in [3.8, 4) is 0 Å². The Morgan fingerprint density at radius 3 is 2.72 bits per heavy atom. The van der Waals surface area contributed by atoms with Crippen molar-refractivity contribution in [2.45, 2.75) is 23.1 Å². The van der Waals surface area contributed by atoms with Gasteiger partial charge in [-0.2, -0.15) is 4.31 Å². The predicted octanol–water partition coefficient (Wildman–Crippen LogP) is 1.81. The molecule has 0 aromatic carbocycles. The number of rotatable bonds is 3. The van der Waals surface area contributed by atoms with Gasteiger partial charge in [-0.3, -0.25) is 0 Å². The lowest BCUT2D eigenvalue weighted by Gasteiger charge is -2.36. The van der Waals surface area contributed by atoms with Gasteiger partial charge in [0.15, 0.2) is 0 Å². The van der Waals surface area contributed by atoms with Crippen LogP contribution in [0.4, 0.5) is 0 Å². The molecule has 18 heavy (non-hydrogen) atoms. The van der Waals surface area contributed by atoms with Gasteiger partial charge in [0, 0.05) is 30.6 Å². The van der Waals surface area contributed by atoms with Gasteiger partial charge in [0.05, 0.1) is 5.88 Å². The molecule has 0 radical (unpaired) electrons. The monoisotopic (exact) mass is 308 g/mol. The molecule has 4 nitrogen and oxygen atoms in total. The number of piperazine rings is 1. The summed E-state index contributed by atoms with van der Waals surface area (Å²) in [6.07, 6.45) is 0. The number of alkyl halides is 1. The van der Waals surface area contributed by atoms with E-state index in [1.807, 2.05) is 14.0 Å². The van der Waals surface area contributed by atoms with E-state index in [4.69, 9.17) is 11.6 Å². The molecule has 7 heteroatoms. The van der Waals surface area contributed by atoms with Crippen molar-refractivity contribution in [1.29, 1.82) is 0 Å². The summed E-state index contributed by atoms with van der Waals surface area (Å²) < 4.78 is 26.9. The SMILES string of the molecule is CC1CN(S(=O)(=O)c2ccc(CCl)s2)CCN1C. The molecule has 0 saturated carbocycles. The van der Waals surface area contributed by atoms with Crippen LogP contribution in [0.2, 0.25) is 0 Å². The molecular formula is C11H17ClN2O2S2. The zero-order chi connectivity index (χ0) is 13.3. The van der Waals surface area contributed by atoms with E-state index in [0.717, 1.165) is 11.4 Å². The van der Waals surface area contributed by atoms with Crippen molar-refractivity contribution in [3.05, 3.63) is 17.0 Å². The van der Waals surface area contributed by atoms with E-state index in [9.17, 15) is 8.42 Å². The summed E-state index contributed by atoms with van der Waals surface area (Å²) in [6, 6.07) is 3.69. The van der Waals surface area contributed by atoms with Crippen LogP contribution in [0.1, 0.15) is 11.8 Å². The van der Waals surface area contributed by atoms with Crippen LogP contribution in [-0.2, 0) is 15.9 Å². The molecule has 0 aliphatic carbocycles. The van der Waals surface area contributed by atoms with Crippen molar-refractivity contribution < 1.29 is 8.42 Å². The van der Waals surface area contributed by atoms with Crippen molar-refractivity contribution in [1.82, 2.24) is 9.21 Å². The first kappa shape index (κ1) is 14.3. The Balaban J connectivity index is 2.21. The van der Waals surface area contributed by atoms with E-state index in [2.05, 4.69) is 4.90 Å². The van der Waals surface area contributed by atoms with Crippen LogP contribution >= 0.6 is 22.9 Å². The van der Waals surface area contributed by atoms with Gasteiger partial charge < -0.3 is 4.90 Å². The summed E-state index contributed by atoms with van der Waals surface area (Å²) in [5, 5.41) is 0. The minimum Gasteiger partial charge on any atom is -0.301 e. The van der Waals surface area contributed by atoms with Crippen molar-refractivity contribution in [2.24, 2.45) is 0 Å². The number of halogens is 1. The number of sulfonamides is 1. The Bertz CT molecular complexity index is 515. The highest BCUT2D eigenvalue weighted by Gasteiger charge is 2.31. The Morgan fingerprint density at radius 2 is 2.17 bits per heavy atom. The summed E-state index contributed by atoms with van der Waals surface area (Å²) >= 11 is 6.97. The van der Waals surface area contributed by atoms with Gasteiger partial charge in [0.2, 0.25) is 0 Å². The van der Waals surface area contributed by atoms with Crippen LogP contribution in [0.3, 0.4) is 0 Å². The van der Waals surface area contributed by atoms with Crippen LogP contribution in [-0.4, -0.2) is 50.3 Å². The second kappa shape index (κ2) is 5.46. The number of likely N-dealkylation sites (N-methyl/N-ethyl adjacent to an activating group) is 1. The average Bonchev–Trinajstić information content (AvgIpc) is 2.81. The molecular weight excluding hydrogens is 292 g/mol. The fourth-order valence-corrected chi connectivity index (χ4v) is 5.05. The van der Waals surface area contributed by atoms with E-state index in [-0.39, 0.29) is 6.04 Å². The van der Waals surface area contributed by atoms with E-state index in [0.29, 0.717) is 23.2 Å². The van der Waals surface area contributed by atoms with Crippen molar-refractivity contribution >= 4 is 33.0 Å². The third kappa shape index (κ3) is 2.72. The van der Waals surface area contributed by atoms with Gasteiger partial charge in [-0.1, -0.05) is 0 Å². The molecule has 1 aliphatic rings. The average molecular weight is 309 g/mol. The van der Waals surface area contributed by atoms with Crippen LogP contribution < -0.4 is 0 Å². The molecule has 0 amide bonds. The van der Waals surface area contributed by atoms with Gasteiger partial charge in [0.25, 0.3) is 10.0 Å². The highest BCUT2D eigenvalue weighted by molar-refractivity contribution is 7.91. The van der Waals surface area contributed by atoms with E-state index in [1.54, 1.807) is 16.4 Å². The first-order valence-corrected chi connectivity index (χ1v) is 8.59. The lowest BCUT2D eigenvalue weighted by molar-refractivity contribution is 0.160. The minimum absolute atomic E-state index is 0.251. The first-order valence-electron chi connectivity index (χ1n) is 5.80. The molecule has 1 saturated heterocycles. The largest absolute Gasteiger partial charge is 0.301 e. The van der Waals surface area contributed by atoms with Gasteiger partial charge in [0.1, 0.15) is 4.21 Å². The summed E-state index contributed by atoms with van der Waals surface area (Å²) in [5.74, 6) is 0.360. The summed E-state index contributed by atoms with van der Waals surface area (Å²) in [5.41, 5.74) is 0. The maximum Gasteiger partial charge on any atom is 0.252 e. The Hall–Kier alpha value is -0.140. The van der Waals surface area contributed by atoms with Gasteiger partial charge in [-0.25, -0.2) is 8.42 Å². The van der Waals surface area contributed by atoms with E-state index in [1.165, 1.54) is 11.3 Å². The second-order valence-corrected chi connectivity index (χ2v) is 8.15. The van der Waals surface area contributed by atoms with Crippen molar-refractivity contribution in [3.63, 3.8) is 0 Å². The number of thiophene rings is 1. The molecule has 0 N–H and O–H groups in total. The first-order chi connectivity index (χ1) is 8.45. The highest BCUT2D eigenvalue weighted by atomic mass is 35.5. The summed E-state index contributed by atoms with van der Waals surface area (Å²) in [6.45, 7) is 3.92. The van der Waals surface area contributed by atoms with Gasteiger partial charge >= 0.3 is 0 Å². The standard InChI is InChI=1S/C11H17ClN2O2S2/c1-9-8-14(6-5-13(9)2)18(15,16)11-4-3-10(7-12)17-11/h3-4,9H,5-8H2,1-2H3. The van der Waals surface area contributed by atoms with Crippen LogP contribution in [0.25, 0.3) is 0 Å². The number of hydrogen-bond acceptors (Lipinski definition) is 4. The normalized spacial score (nSPS) is 23.4. The molecule has 1 aromatic rings. The van der Waals surface area contributed by atoms with Gasteiger partial charge in [-0.05, 0) is 26.1 Å². The second-order valence-electron chi connectivity index (χ2n) is 4.55. The fraction of sp³-hybridized carbons (Fsp3) is 0.636. The lowest BCUT2D eigenvalue weighted by atomic mass is 10.2. The van der Waals surface area contributed by atoms with E-state index < -0.39 is 10.0 Å². The number of nitrogens with zero attached hydrogens (tertiary/aromatic N) is 2. The molecule has 2 heterocycles. The Kier molecular flexibility index (Phi) is 4.33. The highest BCUT2D eigenvalue weighted by Crippen LogP contribution is 2.27. The Morgan fingerprint density at radius 1 is 1.44 bits per heavy atom. The number of hydrogen-bond donors (Lipinski definition) is 0. The molecule has 1 fully saturated rings. The molecule has 1 aliphatic heterocycles. The smallest absolute Gasteiger partial charge is 0.252 e. The zero-order valence-corrected chi connectivity index (χ0v) is 12.9. The molecule has 1 unspecified atom stereocenters. The molecule has 102 valence electrons. The summed E-state index contributed by atoms with van der Waals surface area (Å²) in [4.78, 5) is 3.06. The molecule has 1 atom stereocenters. The predicted molar refractivity (Wildman–Crippen MR) is 74.7 cm³/mol. The van der Waals surface area contributed by atoms with Crippen LogP contribution in [0, 0.1) is 0 Å². The summed E-state index contributed by atoms with van der Waals surface area (Å²) in [7, 11) is -1.32. The van der Waals surface area contributed by atoms with Crippen LogP contribution in [0.15, 0.2) is 16.3 Å². The Labute approximate surface area is 117 Å². The minimum atomic E-state index is -3.34. The fourth-order valence-electron chi connectivity index (χ4n) is 1.93. The zero-order valence-electron chi connectivity index (χ0n) is 10.5. The van der Waals surface area contributed by atoms with Crippen molar-refractivity contribution in [2.75, 3.05) is 26.7 Å². The quantitative estimate of drug-likeness (QED) is 0.800.